The molecule has 1 heterocycles. The zero-order valence-electron chi connectivity index (χ0n) is 19.2. The maximum absolute atomic E-state index is 13.3. The molecule has 10 heteroatoms. The number of hydrogen-bond donors (Lipinski definition) is 2. The minimum Gasteiger partial charge on any atom is -0.494 e. The Labute approximate surface area is 210 Å². The van der Waals surface area contributed by atoms with Crippen molar-refractivity contribution in [2.24, 2.45) is 5.10 Å². The van der Waals surface area contributed by atoms with Crippen LogP contribution in [0.1, 0.15) is 22.8 Å². The molecule has 0 aliphatic carbocycles. The summed E-state index contributed by atoms with van der Waals surface area (Å²) in [4.78, 5) is 41.3. The van der Waals surface area contributed by atoms with Crippen LogP contribution in [0.3, 0.4) is 0 Å². The van der Waals surface area contributed by atoms with E-state index in [-0.39, 0.29) is 22.8 Å². The van der Waals surface area contributed by atoms with Crippen LogP contribution in [0.2, 0.25) is 0 Å². The summed E-state index contributed by atoms with van der Waals surface area (Å²) < 4.78 is 6.97. The van der Waals surface area contributed by atoms with Crippen LogP contribution in [-0.4, -0.2) is 45.1 Å². The molecule has 3 aromatic carbocycles. The number of aromatic carboxylic acids is 1. The van der Waals surface area contributed by atoms with Gasteiger partial charge in [-0.05, 0) is 61.0 Å². The van der Waals surface area contributed by atoms with Crippen molar-refractivity contribution in [2.45, 2.75) is 12.1 Å². The lowest BCUT2D eigenvalue weighted by atomic mass is 10.1. The molecule has 0 saturated carbocycles. The highest BCUT2D eigenvalue weighted by Crippen LogP contribution is 2.23. The van der Waals surface area contributed by atoms with Gasteiger partial charge in [-0.3, -0.25) is 14.2 Å². The monoisotopic (exact) mass is 502 g/mol. The van der Waals surface area contributed by atoms with Crippen LogP contribution in [0.4, 0.5) is 0 Å². The number of rotatable bonds is 9. The molecule has 4 rings (SSSR count). The number of nitrogens with one attached hydrogen (secondary N) is 1. The number of hydrazone groups is 1. The third-order valence-corrected chi connectivity index (χ3v) is 5.98. The molecule has 0 aliphatic heterocycles. The summed E-state index contributed by atoms with van der Waals surface area (Å²) in [6, 6.07) is 20.2. The van der Waals surface area contributed by atoms with E-state index in [9.17, 15) is 14.4 Å². The van der Waals surface area contributed by atoms with E-state index in [1.54, 1.807) is 60.7 Å². The van der Waals surface area contributed by atoms with Gasteiger partial charge in [0.15, 0.2) is 5.16 Å². The van der Waals surface area contributed by atoms with Crippen LogP contribution >= 0.6 is 11.8 Å². The van der Waals surface area contributed by atoms with Gasteiger partial charge in [-0.25, -0.2) is 15.2 Å². The Kier molecular flexibility index (Phi) is 7.76. The van der Waals surface area contributed by atoms with Crippen molar-refractivity contribution in [3.05, 3.63) is 94.3 Å². The minimum absolute atomic E-state index is 0.0307. The fraction of sp³-hybridized carbons (Fsp3) is 0.115. The Morgan fingerprint density at radius 1 is 1.08 bits per heavy atom. The summed E-state index contributed by atoms with van der Waals surface area (Å²) >= 11 is 1.11. The number of aromatic nitrogens is 2. The van der Waals surface area contributed by atoms with Crippen molar-refractivity contribution in [2.75, 3.05) is 12.4 Å². The molecule has 4 aromatic rings. The van der Waals surface area contributed by atoms with Gasteiger partial charge in [-0.2, -0.15) is 5.10 Å². The first kappa shape index (κ1) is 24.7. The first-order chi connectivity index (χ1) is 17.5. The molecule has 9 nitrogen and oxygen atoms in total. The number of amides is 1. The van der Waals surface area contributed by atoms with Gasteiger partial charge in [0, 0.05) is 0 Å². The molecule has 2 N–H and O–H groups in total. The van der Waals surface area contributed by atoms with E-state index in [0.29, 0.717) is 39.7 Å². The highest BCUT2D eigenvalue weighted by Gasteiger charge is 2.15. The quantitative estimate of drug-likeness (QED) is 0.155. The highest BCUT2D eigenvalue weighted by molar-refractivity contribution is 7.99. The van der Waals surface area contributed by atoms with Crippen LogP contribution in [0.15, 0.2) is 87.8 Å². The number of carboxylic acid groups (broad SMARTS) is 1. The number of carbonyl (C=O) groups excluding carboxylic acids is 1. The van der Waals surface area contributed by atoms with E-state index in [4.69, 9.17) is 9.84 Å². The maximum atomic E-state index is 13.3. The van der Waals surface area contributed by atoms with Gasteiger partial charge in [-0.1, -0.05) is 36.0 Å². The Morgan fingerprint density at radius 3 is 2.50 bits per heavy atom. The van der Waals surface area contributed by atoms with Crippen LogP contribution < -0.4 is 15.7 Å². The summed E-state index contributed by atoms with van der Waals surface area (Å²) in [5, 5.41) is 13.7. The Bertz CT molecular complexity index is 1480. The van der Waals surface area contributed by atoms with E-state index in [1.165, 1.54) is 22.9 Å². The zero-order chi connectivity index (χ0) is 25.5. The van der Waals surface area contributed by atoms with Crippen molar-refractivity contribution >= 4 is 40.8 Å². The van der Waals surface area contributed by atoms with Crippen molar-refractivity contribution < 1.29 is 19.4 Å². The van der Waals surface area contributed by atoms with E-state index in [2.05, 4.69) is 15.5 Å². The van der Waals surface area contributed by atoms with Gasteiger partial charge in [0.05, 0.1) is 40.7 Å². The number of fused-ring (bicyclic) bond motifs is 1. The van der Waals surface area contributed by atoms with E-state index in [0.717, 1.165) is 11.8 Å². The van der Waals surface area contributed by atoms with Gasteiger partial charge in [0.1, 0.15) is 5.75 Å². The molecule has 0 saturated heterocycles. The van der Waals surface area contributed by atoms with Crippen molar-refractivity contribution in [1.82, 2.24) is 15.0 Å². The molecule has 182 valence electrons. The molecule has 0 spiro atoms. The second-order valence-electron chi connectivity index (χ2n) is 7.49. The van der Waals surface area contributed by atoms with Gasteiger partial charge in [0.25, 0.3) is 11.5 Å². The average molecular weight is 503 g/mol. The largest absolute Gasteiger partial charge is 0.494 e. The lowest BCUT2D eigenvalue weighted by Crippen LogP contribution is -2.24. The summed E-state index contributed by atoms with van der Waals surface area (Å²) in [5.41, 5.74) is 4.13. The molecule has 0 unspecified atom stereocenters. The molecule has 36 heavy (non-hydrogen) atoms. The van der Waals surface area contributed by atoms with Crippen LogP contribution in [-0.2, 0) is 4.79 Å². The summed E-state index contributed by atoms with van der Waals surface area (Å²) in [6.45, 7) is 2.42. The van der Waals surface area contributed by atoms with E-state index < -0.39 is 5.97 Å². The smallest absolute Gasteiger partial charge is 0.335 e. The van der Waals surface area contributed by atoms with Crippen molar-refractivity contribution in [1.29, 1.82) is 0 Å². The second kappa shape index (κ2) is 11.3. The van der Waals surface area contributed by atoms with E-state index >= 15 is 0 Å². The standard InChI is InChI=1S/C26H22N4O5S/c1-2-35-20-13-11-19(12-14-20)30-24(32)21-5-3-4-6-22(21)28-26(30)36-16-23(31)29-27-15-17-7-9-18(10-8-17)25(33)34/h3-15H,2,16H2,1H3,(H,29,31)(H,33,34). The molecular weight excluding hydrogens is 480 g/mol. The molecule has 0 bridgehead atoms. The van der Waals surface area contributed by atoms with E-state index in [1.807, 2.05) is 6.92 Å². The number of para-hydroxylation sites is 1. The fourth-order valence-electron chi connectivity index (χ4n) is 3.35. The molecule has 1 amide bonds. The predicted molar refractivity (Wildman–Crippen MR) is 138 cm³/mol. The molecule has 0 aliphatic rings. The fourth-order valence-corrected chi connectivity index (χ4v) is 4.15. The third-order valence-electron chi connectivity index (χ3n) is 5.04. The lowest BCUT2D eigenvalue weighted by molar-refractivity contribution is -0.118. The van der Waals surface area contributed by atoms with Crippen molar-refractivity contribution in [3.63, 3.8) is 0 Å². The predicted octanol–water partition coefficient (Wildman–Crippen LogP) is 3.73. The maximum Gasteiger partial charge on any atom is 0.335 e. The number of benzene rings is 3. The van der Waals surface area contributed by atoms with Crippen LogP contribution in [0.25, 0.3) is 16.6 Å². The van der Waals surface area contributed by atoms with Gasteiger partial charge < -0.3 is 9.84 Å². The Balaban J connectivity index is 1.52. The SMILES string of the molecule is CCOc1ccc(-n2c(SCC(=O)NN=Cc3ccc(C(=O)O)cc3)nc3ccccc3c2=O)cc1. The number of carboxylic acids is 1. The Hall–Kier alpha value is -4.44. The van der Waals surface area contributed by atoms with Gasteiger partial charge >= 0.3 is 5.97 Å². The first-order valence-electron chi connectivity index (χ1n) is 11.0. The molecule has 1 aromatic heterocycles. The van der Waals surface area contributed by atoms with Crippen LogP contribution in [0, 0.1) is 0 Å². The lowest BCUT2D eigenvalue weighted by Gasteiger charge is -2.13. The topological polar surface area (TPSA) is 123 Å². The summed E-state index contributed by atoms with van der Waals surface area (Å²) in [7, 11) is 0. The molecular formula is C26H22N4O5S. The average Bonchev–Trinajstić information content (AvgIpc) is 2.89. The summed E-state index contributed by atoms with van der Waals surface area (Å²) in [6.07, 6.45) is 1.42. The molecule has 0 atom stereocenters. The first-order valence-corrected chi connectivity index (χ1v) is 12.0. The molecule has 0 radical (unpaired) electrons. The normalized spacial score (nSPS) is 11.0. The highest BCUT2D eigenvalue weighted by atomic mass is 32.2. The molecule has 0 fully saturated rings. The number of carbonyl (C=O) groups is 2. The number of ether oxygens (including phenoxy) is 1. The number of nitrogens with zero attached hydrogens (tertiary/aromatic N) is 3. The van der Waals surface area contributed by atoms with Gasteiger partial charge in [0.2, 0.25) is 0 Å². The second-order valence-corrected chi connectivity index (χ2v) is 8.43. The van der Waals surface area contributed by atoms with Crippen molar-refractivity contribution in [3.8, 4) is 11.4 Å². The number of hydrogen-bond acceptors (Lipinski definition) is 7. The summed E-state index contributed by atoms with van der Waals surface area (Å²) in [5.74, 6) is -0.752. The Morgan fingerprint density at radius 2 is 1.81 bits per heavy atom. The van der Waals surface area contributed by atoms with Gasteiger partial charge in [-0.15, -0.1) is 0 Å². The zero-order valence-corrected chi connectivity index (χ0v) is 20.1. The van der Waals surface area contributed by atoms with Crippen LogP contribution in [0.5, 0.6) is 5.75 Å². The number of thioether (sulfide) groups is 1. The third kappa shape index (κ3) is 5.78. The minimum atomic E-state index is -1.02.